The molecule has 0 spiro atoms. The summed E-state index contributed by atoms with van der Waals surface area (Å²) < 4.78 is 0. The third kappa shape index (κ3) is 8.08. The number of aliphatic carboxylic acids is 1. The number of carbonyl (C=O) groups excluding carboxylic acids is 4. The minimum absolute atomic E-state index is 0.0247. The van der Waals surface area contributed by atoms with Crippen LogP contribution in [0.2, 0.25) is 0 Å². The topological polar surface area (TPSA) is 205 Å². The molecule has 182 valence electrons. The van der Waals surface area contributed by atoms with Gasteiger partial charge in [-0.25, -0.2) is 4.79 Å². The van der Waals surface area contributed by atoms with Crippen molar-refractivity contribution < 1.29 is 34.2 Å². The first kappa shape index (κ1) is 27.3. The number of aliphatic hydroxyl groups excluding tert-OH is 1. The molecule has 1 heterocycles. The summed E-state index contributed by atoms with van der Waals surface area (Å²) in [4.78, 5) is 61.7. The molecule has 5 atom stereocenters. The largest absolute Gasteiger partial charge is 0.480 e. The first-order valence-electron chi connectivity index (χ1n) is 10.7. The number of nitrogens with two attached hydrogens (primary N) is 2. The standard InChI is InChI=1S/C20H35N5O7/c1-10(2)9-13(20(31)32)23-18(29)14-5-4-8-25(14)19(30)16(11(3)26)24-17(28)12(21)6-7-15(22)27/h10-14,16,26H,4-9,21H2,1-3H3,(H2,22,27)(H,23,29)(H,24,28)(H,31,32). The van der Waals surface area contributed by atoms with Crippen LogP contribution in [-0.2, 0) is 24.0 Å². The first-order valence-corrected chi connectivity index (χ1v) is 10.7. The molecule has 0 bridgehead atoms. The molecule has 12 heteroatoms. The zero-order valence-corrected chi connectivity index (χ0v) is 18.7. The molecule has 8 N–H and O–H groups in total. The van der Waals surface area contributed by atoms with Gasteiger partial charge in [0.15, 0.2) is 0 Å². The van der Waals surface area contributed by atoms with Crippen molar-refractivity contribution in [1.29, 1.82) is 0 Å². The molecule has 0 aromatic rings. The Hall–Kier alpha value is -2.73. The number of likely N-dealkylation sites (tertiary alicyclic amines) is 1. The molecule has 1 aliphatic heterocycles. The fraction of sp³-hybridized carbons (Fsp3) is 0.750. The number of hydrogen-bond donors (Lipinski definition) is 6. The highest BCUT2D eigenvalue weighted by Crippen LogP contribution is 2.20. The van der Waals surface area contributed by atoms with Gasteiger partial charge in [0.2, 0.25) is 23.6 Å². The van der Waals surface area contributed by atoms with Crippen molar-refractivity contribution in [2.45, 2.75) is 83.1 Å². The summed E-state index contributed by atoms with van der Waals surface area (Å²) in [6.07, 6.45) is -0.362. The van der Waals surface area contributed by atoms with Gasteiger partial charge in [-0.1, -0.05) is 13.8 Å². The van der Waals surface area contributed by atoms with E-state index < -0.39 is 59.9 Å². The molecule has 4 amide bonds. The SMILES string of the molecule is CC(C)CC(NC(=O)C1CCCN1C(=O)C(NC(=O)C(N)CCC(N)=O)C(C)O)C(=O)O. The van der Waals surface area contributed by atoms with Crippen molar-refractivity contribution in [1.82, 2.24) is 15.5 Å². The van der Waals surface area contributed by atoms with Gasteiger partial charge in [-0.15, -0.1) is 0 Å². The minimum Gasteiger partial charge on any atom is -0.480 e. The molecule has 0 radical (unpaired) electrons. The summed E-state index contributed by atoms with van der Waals surface area (Å²) in [6.45, 7) is 5.19. The van der Waals surface area contributed by atoms with E-state index in [9.17, 15) is 34.2 Å². The van der Waals surface area contributed by atoms with E-state index in [4.69, 9.17) is 11.5 Å². The van der Waals surface area contributed by atoms with Gasteiger partial charge in [-0.05, 0) is 38.5 Å². The van der Waals surface area contributed by atoms with Crippen LogP contribution in [0.5, 0.6) is 0 Å². The van der Waals surface area contributed by atoms with Gasteiger partial charge in [0.05, 0.1) is 12.1 Å². The Balaban J connectivity index is 2.89. The summed E-state index contributed by atoms with van der Waals surface area (Å²) in [5.74, 6) is -3.78. The van der Waals surface area contributed by atoms with Gasteiger partial charge in [0.1, 0.15) is 18.1 Å². The smallest absolute Gasteiger partial charge is 0.326 e. The second-order valence-corrected chi connectivity index (χ2v) is 8.56. The van der Waals surface area contributed by atoms with Gasteiger partial charge < -0.3 is 37.2 Å². The molecule has 0 saturated carbocycles. The Bertz CT molecular complexity index is 712. The number of carboxylic acid groups (broad SMARTS) is 1. The number of rotatable bonds is 12. The predicted octanol–water partition coefficient (Wildman–Crippen LogP) is -1.95. The Labute approximate surface area is 187 Å². The summed E-state index contributed by atoms with van der Waals surface area (Å²) in [7, 11) is 0. The van der Waals surface area contributed by atoms with Gasteiger partial charge >= 0.3 is 5.97 Å². The van der Waals surface area contributed by atoms with Crippen molar-refractivity contribution in [2.75, 3.05) is 6.54 Å². The van der Waals surface area contributed by atoms with E-state index in [1.807, 2.05) is 13.8 Å². The van der Waals surface area contributed by atoms with E-state index in [1.54, 1.807) is 0 Å². The van der Waals surface area contributed by atoms with E-state index in [0.717, 1.165) is 0 Å². The molecule has 1 saturated heterocycles. The number of nitrogens with zero attached hydrogens (tertiary/aromatic N) is 1. The molecule has 0 aromatic heterocycles. The second kappa shape index (κ2) is 12.3. The van der Waals surface area contributed by atoms with Crippen LogP contribution < -0.4 is 22.1 Å². The van der Waals surface area contributed by atoms with E-state index in [-0.39, 0.29) is 31.7 Å². The fourth-order valence-corrected chi connectivity index (χ4v) is 3.52. The van der Waals surface area contributed by atoms with Crippen LogP contribution in [0, 0.1) is 5.92 Å². The maximum atomic E-state index is 13.1. The Morgan fingerprint density at radius 2 is 1.75 bits per heavy atom. The average molecular weight is 458 g/mol. The molecule has 1 aliphatic rings. The molecule has 1 fully saturated rings. The highest BCUT2D eigenvalue weighted by atomic mass is 16.4. The van der Waals surface area contributed by atoms with Crippen LogP contribution >= 0.6 is 0 Å². The lowest BCUT2D eigenvalue weighted by Crippen LogP contribution is -2.59. The van der Waals surface area contributed by atoms with Crippen molar-refractivity contribution in [3.63, 3.8) is 0 Å². The van der Waals surface area contributed by atoms with Gasteiger partial charge in [-0.3, -0.25) is 19.2 Å². The molecule has 0 aromatic carbocycles. The van der Waals surface area contributed by atoms with Crippen molar-refractivity contribution in [3.8, 4) is 0 Å². The summed E-state index contributed by atoms with van der Waals surface area (Å²) in [6, 6.07) is -4.48. The van der Waals surface area contributed by atoms with Crippen LogP contribution in [0.4, 0.5) is 0 Å². The van der Waals surface area contributed by atoms with Crippen molar-refractivity contribution >= 4 is 29.6 Å². The number of carboxylic acids is 1. The predicted molar refractivity (Wildman–Crippen MR) is 114 cm³/mol. The second-order valence-electron chi connectivity index (χ2n) is 8.56. The van der Waals surface area contributed by atoms with Gasteiger partial charge in [0, 0.05) is 13.0 Å². The van der Waals surface area contributed by atoms with Crippen LogP contribution in [-0.4, -0.2) is 81.5 Å². The monoisotopic (exact) mass is 457 g/mol. The normalized spacial score (nSPS) is 19.7. The number of hydrogen-bond acceptors (Lipinski definition) is 7. The molecule has 1 rings (SSSR count). The lowest BCUT2D eigenvalue weighted by Gasteiger charge is -2.31. The summed E-state index contributed by atoms with van der Waals surface area (Å²) in [5.41, 5.74) is 10.8. The Morgan fingerprint density at radius 3 is 2.25 bits per heavy atom. The van der Waals surface area contributed by atoms with Crippen LogP contribution in [0.3, 0.4) is 0 Å². The molecule has 5 unspecified atom stereocenters. The van der Waals surface area contributed by atoms with Crippen molar-refractivity contribution in [2.24, 2.45) is 17.4 Å². The Morgan fingerprint density at radius 1 is 1.12 bits per heavy atom. The molecular formula is C20H35N5O7. The molecular weight excluding hydrogens is 422 g/mol. The molecule has 12 nitrogen and oxygen atoms in total. The minimum atomic E-state index is -1.36. The quantitative estimate of drug-likeness (QED) is 0.194. The fourth-order valence-electron chi connectivity index (χ4n) is 3.52. The molecule has 0 aliphatic carbocycles. The highest BCUT2D eigenvalue weighted by Gasteiger charge is 2.40. The van der Waals surface area contributed by atoms with E-state index in [1.165, 1.54) is 11.8 Å². The molecule has 32 heavy (non-hydrogen) atoms. The number of nitrogens with one attached hydrogen (secondary N) is 2. The summed E-state index contributed by atoms with van der Waals surface area (Å²) >= 11 is 0. The average Bonchev–Trinajstić information content (AvgIpc) is 3.18. The third-order valence-electron chi connectivity index (χ3n) is 5.24. The van der Waals surface area contributed by atoms with Gasteiger partial charge in [0.25, 0.3) is 0 Å². The number of aliphatic hydroxyl groups is 1. The highest BCUT2D eigenvalue weighted by molar-refractivity contribution is 5.94. The van der Waals surface area contributed by atoms with E-state index in [2.05, 4.69) is 10.6 Å². The Kier molecular flexibility index (Phi) is 10.5. The summed E-state index contributed by atoms with van der Waals surface area (Å²) in [5, 5.41) is 24.3. The van der Waals surface area contributed by atoms with Crippen LogP contribution in [0.1, 0.15) is 52.9 Å². The third-order valence-corrected chi connectivity index (χ3v) is 5.24. The first-order chi connectivity index (χ1) is 14.8. The lowest BCUT2D eigenvalue weighted by molar-refractivity contribution is -0.146. The number of amides is 4. The maximum Gasteiger partial charge on any atom is 0.326 e. The maximum absolute atomic E-state index is 13.1. The number of carbonyl (C=O) groups is 5. The van der Waals surface area contributed by atoms with Crippen LogP contribution in [0.25, 0.3) is 0 Å². The van der Waals surface area contributed by atoms with Gasteiger partial charge in [-0.2, -0.15) is 0 Å². The zero-order chi connectivity index (χ0) is 24.6. The number of primary amides is 1. The van der Waals surface area contributed by atoms with E-state index in [0.29, 0.717) is 12.8 Å². The van der Waals surface area contributed by atoms with Crippen molar-refractivity contribution in [3.05, 3.63) is 0 Å². The van der Waals surface area contributed by atoms with E-state index >= 15 is 0 Å². The zero-order valence-electron chi connectivity index (χ0n) is 18.7. The lowest BCUT2D eigenvalue weighted by atomic mass is 10.0. The van der Waals surface area contributed by atoms with Crippen LogP contribution in [0.15, 0.2) is 0 Å².